The van der Waals surface area contributed by atoms with Gasteiger partial charge < -0.3 is 14.2 Å². The molecule has 0 bridgehead atoms. The Kier molecular flexibility index (Phi) is 5.66. The first-order chi connectivity index (χ1) is 11.0. The molecule has 0 aliphatic carbocycles. The Morgan fingerprint density at radius 3 is 2.43 bits per heavy atom. The molecule has 2 aromatic carbocycles. The van der Waals surface area contributed by atoms with Gasteiger partial charge in [0.05, 0.1) is 19.2 Å². The van der Waals surface area contributed by atoms with Gasteiger partial charge in [-0.25, -0.2) is 4.79 Å². The second kappa shape index (κ2) is 7.70. The molecule has 0 aliphatic rings. The molecule has 0 saturated carbocycles. The first kappa shape index (κ1) is 16.9. The lowest BCUT2D eigenvalue weighted by Gasteiger charge is -2.07. The molecular weight excluding hydrogens is 316 g/mol. The second-order valence-corrected chi connectivity index (χ2v) is 5.21. The zero-order valence-corrected chi connectivity index (χ0v) is 13.9. The standard InChI is InChI=1S/C18H17ClO4/c1-12-4-7-14(19)16(10-12)23-18(20)9-6-13-5-8-15(21-2)17(11-13)22-3/h4-11H,1-3H3/b9-6+. The zero-order chi connectivity index (χ0) is 16.8. The summed E-state index contributed by atoms with van der Waals surface area (Å²) in [7, 11) is 3.12. The SMILES string of the molecule is COc1ccc(/C=C/C(=O)Oc2cc(C)ccc2Cl)cc1OC. The van der Waals surface area contributed by atoms with E-state index in [1.54, 1.807) is 44.6 Å². The average Bonchev–Trinajstić information content (AvgIpc) is 2.56. The molecule has 0 radical (unpaired) electrons. The van der Waals surface area contributed by atoms with Crippen molar-refractivity contribution in [3.63, 3.8) is 0 Å². The van der Waals surface area contributed by atoms with Crippen LogP contribution in [0.25, 0.3) is 6.08 Å². The molecule has 0 amide bonds. The molecule has 0 heterocycles. The predicted octanol–water partition coefficient (Wildman–Crippen LogP) is 4.28. The first-order valence-corrected chi connectivity index (χ1v) is 7.29. The summed E-state index contributed by atoms with van der Waals surface area (Å²) in [5, 5.41) is 0.392. The van der Waals surface area contributed by atoms with Crippen LogP contribution in [0.1, 0.15) is 11.1 Å². The number of aryl methyl sites for hydroxylation is 1. The molecule has 0 fully saturated rings. The lowest BCUT2D eigenvalue weighted by Crippen LogP contribution is -2.04. The zero-order valence-electron chi connectivity index (χ0n) is 13.1. The number of ether oxygens (including phenoxy) is 3. The van der Waals surface area contributed by atoms with Gasteiger partial charge in [-0.15, -0.1) is 0 Å². The van der Waals surface area contributed by atoms with Crippen LogP contribution in [0.15, 0.2) is 42.5 Å². The molecule has 0 spiro atoms. The van der Waals surface area contributed by atoms with Gasteiger partial charge in [-0.1, -0.05) is 23.7 Å². The van der Waals surface area contributed by atoms with E-state index in [4.69, 9.17) is 25.8 Å². The highest BCUT2D eigenvalue weighted by molar-refractivity contribution is 6.32. The lowest BCUT2D eigenvalue weighted by molar-refractivity contribution is -0.128. The first-order valence-electron chi connectivity index (χ1n) is 6.91. The molecule has 120 valence electrons. The van der Waals surface area contributed by atoms with Crippen LogP contribution >= 0.6 is 11.6 Å². The van der Waals surface area contributed by atoms with Crippen LogP contribution in [0.4, 0.5) is 0 Å². The molecule has 0 aromatic heterocycles. The minimum atomic E-state index is -0.507. The third kappa shape index (κ3) is 4.50. The van der Waals surface area contributed by atoms with Gasteiger partial charge in [0.2, 0.25) is 0 Å². The fraction of sp³-hybridized carbons (Fsp3) is 0.167. The van der Waals surface area contributed by atoms with Gasteiger partial charge in [0.15, 0.2) is 11.5 Å². The van der Waals surface area contributed by atoms with Crippen molar-refractivity contribution in [1.82, 2.24) is 0 Å². The third-order valence-electron chi connectivity index (χ3n) is 3.12. The van der Waals surface area contributed by atoms with Crippen molar-refractivity contribution in [3.8, 4) is 17.2 Å². The van der Waals surface area contributed by atoms with E-state index in [2.05, 4.69) is 0 Å². The minimum Gasteiger partial charge on any atom is -0.493 e. The fourth-order valence-corrected chi connectivity index (χ4v) is 2.11. The Hall–Kier alpha value is -2.46. The summed E-state index contributed by atoms with van der Waals surface area (Å²) in [6.07, 6.45) is 2.97. The van der Waals surface area contributed by atoms with Gasteiger partial charge in [-0.05, 0) is 48.4 Å². The number of carbonyl (C=O) groups excluding carboxylic acids is 1. The molecule has 23 heavy (non-hydrogen) atoms. The van der Waals surface area contributed by atoms with Crippen molar-refractivity contribution in [1.29, 1.82) is 0 Å². The molecule has 2 rings (SSSR count). The molecule has 0 aliphatic heterocycles. The number of halogens is 1. The Bertz CT molecular complexity index is 738. The van der Waals surface area contributed by atoms with Gasteiger partial charge in [-0.2, -0.15) is 0 Å². The number of carbonyl (C=O) groups is 1. The van der Waals surface area contributed by atoms with E-state index >= 15 is 0 Å². The summed E-state index contributed by atoms with van der Waals surface area (Å²) in [6.45, 7) is 1.90. The minimum absolute atomic E-state index is 0.341. The summed E-state index contributed by atoms with van der Waals surface area (Å²) in [5.41, 5.74) is 1.75. The van der Waals surface area contributed by atoms with Crippen LogP contribution in [-0.2, 0) is 4.79 Å². The molecule has 2 aromatic rings. The van der Waals surface area contributed by atoms with Crippen molar-refractivity contribution < 1.29 is 19.0 Å². The Morgan fingerprint density at radius 1 is 1.00 bits per heavy atom. The van der Waals surface area contributed by atoms with E-state index < -0.39 is 5.97 Å². The highest BCUT2D eigenvalue weighted by atomic mass is 35.5. The van der Waals surface area contributed by atoms with Gasteiger partial charge >= 0.3 is 5.97 Å². The number of hydrogen-bond acceptors (Lipinski definition) is 4. The van der Waals surface area contributed by atoms with Crippen LogP contribution in [0.3, 0.4) is 0 Å². The third-order valence-corrected chi connectivity index (χ3v) is 3.43. The highest BCUT2D eigenvalue weighted by Gasteiger charge is 2.07. The quantitative estimate of drug-likeness (QED) is 0.465. The lowest BCUT2D eigenvalue weighted by atomic mass is 10.2. The van der Waals surface area contributed by atoms with Crippen molar-refractivity contribution in [2.75, 3.05) is 14.2 Å². The van der Waals surface area contributed by atoms with E-state index in [0.717, 1.165) is 11.1 Å². The Morgan fingerprint density at radius 2 is 1.74 bits per heavy atom. The van der Waals surface area contributed by atoms with Crippen molar-refractivity contribution in [3.05, 3.63) is 58.6 Å². The number of hydrogen-bond donors (Lipinski definition) is 0. The highest BCUT2D eigenvalue weighted by Crippen LogP contribution is 2.28. The summed E-state index contributed by atoms with van der Waals surface area (Å²) in [4.78, 5) is 11.9. The topological polar surface area (TPSA) is 44.8 Å². The summed E-state index contributed by atoms with van der Waals surface area (Å²) < 4.78 is 15.6. The fourth-order valence-electron chi connectivity index (χ4n) is 1.95. The smallest absolute Gasteiger partial charge is 0.336 e. The Balaban J connectivity index is 2.10. The molecule has 5 heteroatoms. The van der Waals surface area contributed by atoms with Crippen molar-refractivity contribution in [2.24, 2.45) is 0 Å². The normalized spacial score (nSPS) is 10.6. The summed E-state index contributed by atoms with van der Waals surface area (Å²) in [5.74, 6) is 1.05. The molecule has 4 nitrogen and oxygen atoms in total. The van der Waals surface area contributed by atoms with Gasteiger partial charge in [0.1, 0.15) is 5.75 Å². The van der Waals surface area contributed by atoms with Crippen LogP contribution in [0, 0.1) is 6.92 Å². The van der Waals surface area contributed by atoms with Gasteiger partial charge in [0, 0.05) is 6.08 Å². The Labute approximate surface area is 140 Å². The summed E-state index contributed by atoms with van der Waals surface area (Å²) in [6, 6.07) is 10.6. The monoisotopic (exact) mass is 332 g/mol. The molecule has 0 N–H and O–H groups in total. The molecule has 0 atom stereocenters. The molecule has 0 unspecified atom stereocenters. The van der Waals surface area contributed by atoms with E-state index in [-0.39, 0.29) is 0 Å². The van der Waals surface area contributed by atoms with Crippen molar-refractivity contribution >= 4 is 23.6 Å². The average molecular weight is 333 g/mol. The van der Waals surface area contributed by atoms with Gasteiger partial charge in [0.25, 0.3) is 0 Å². The number of benzene rings is 2. The number of esters is 1. The largest absolute Gasteiger partial charge is 0.493 e. The predicted molar refractivity (Wildman–Crippen MR) is 90.4 cm³/mol. The number of rotatable bonds is 5. The van der Waals surface area contributed by atoms with Crippen LogP contribution in [0.5, 0.6) is 17.2 Å². The van der Waals surface area contributed by atoms with Gasteiger partial charge in [-0.3, -0.25) is 0 Å². The van der Waals surface area contributed by atoms with Crippen LogP contribution < -0.4 is 14.2 Å². The van der Waals surface area contributed by atoms with Crippen molar-refractivity contribution in [2.45, 2.75) is 6.92 Å². The van der Waals surface area contributed by atoms with Crippen LogP contribution in [0.2, 0.25) is 5.02 Å². The maximum Gasteiger partial charge on any atom is 0.336 e. The maximum absolute atomic E-state index is 11.9. The summed E-state index contributed by atoms with van der Waals surface area (Å²) >= 11 is 6.00. The molecule has 0 saturated heterocycles. The van der Waals surface area contributed by atoms with E-state index in [1.165, 1.54) is 6.08 Å². The van der Waals surface area contributed by atoms with Crippen LogP contribution in [-0.4, -0.2) is 20.2 Å². The van der Waals surface area contributed by atoms with E-state index in [1.807, 2.05) is 19.1 Å². The number of methoxy groups -OCH3 is 2. The second-order valence-electron chi connectivity index (χ2n) is 4.80. The van der Waals surface area contributed by atoms with E-state index in [9.17, 15) is 4.79 Å². The molecular formula is C18H17ClO4. The maximum atomic E-state index is 11.9. The van der Waals surface area contributed by atoms with E-state index in [0.29, 0.717) is 22.3 Å².